The van der Waals surface area contributed by atoms with Gasteiger partial charge in [0.25, 0.3) is 0 Å². The molecule has 6 nitrogen and oxygen atoms in total. The van der Waals surface area contributed by atoms with Crippen molar-refractivity contribution < 1.29 is 9.53 Å². The van der Waals surface area contributed by atoms with Gasteiger partial charge in [-0.1, -0.05) is 41.9 Å². The van der Waals surface area contributed by atoms with Gasteiger partial charge in [-0.2, -0.15) is 0 Å². The number of allylic oxidation sites excluding steroid dienone is 2. The molecule has 8 heteroatoms. The van der Waals surface area contributed by atoms with Gasteiger partial charge in [0, 0.05) is 17.7 Å². The van der Waals surface area contributed by atoms with Gasteiger partial charge in [0.15, 0.2) is 5.11 Å². The van der Waals surface area contributed by atoms with E-state index in [0.717, 1.165) is 5.56 Å². The lowest BCUT2D eigenvalue weighted by atomic mass is 9.82. The summed E-state index contributed by atoms with van der Waals surface area (Å²) in [6.07, 6.45) is 1.59. The summed E-state index contributed by atoms with van der Waals surface area (Å²) in [4.78, 5) is 16.8. The van der Waals surface area contributed by atoms with E-state index in [1.165, 1.54) is 0 Å². The van der Waals surface area contributed by atoms with E-state index in [4.69, 9.17) is 34.3 Å². The Labute approximate surface area is 156 Å². The first kappa shape index (κ1) is 19.0. The van der Waals surface area contributed by atoms with Gasteiger partial charge >= 0.3 is 5.97 Å². The first-order valence-corrected chi connectivity index (χ1v) is 8.42. The summed E-state index contributed by atoms with van der Waals surface area (Å²) in [5.74, 6) is -0.846. The van der Waals surface area contributed by atoms with Crippen molar-refractivity contribution in [1.82, 2.24) is 10.9 Å². The molecule has 0 bridgehead atoms. The maximum absolute atomic E-state index is 12.5. The Balaban J connectivity index is 2.53. The van der Waals surface area contributed by atoms with Crippen LogP contribution in [0.1, 0.15) is 25.3 Å². The van der Waals surface area contributed by atoms with E-state index in [1.54, 1.807) is 20.0 Å². The summed E-state index contributed by atoms with van der Waals surface area (Å²) < 4.78 is 5.22. The third kappa shape index (κ3) is 4.58. The van der Waals surface area contributed by atoms with Crippen LogP contribution in [0.5, 0.6) is 0 Å². The van der Waals surface area contributed by atoms with Crippen LogP contribution in [0.3, 0.4) is 0 Å². The minimum atomic E-state index is -0.425. The van der Waals surface area contributed by atoms with Crippen LogP contribution in [-0.4, -0.2) is 22.9 Å². The average molecular weight is 379 g/mol. The maximum atomic E-state index is 12.5. The van der Waals surface area contributed by atoms with Crippen molar-refractivity contribution in [2.24, 2.45) is 10.7 Å². The Hall–Kier alpha value is -2.38. The molecule has 25 heavy (non-hydrogen) atoms. The van der Waals surface area contributed by atoms with Crippen LogP contribution in [0, 0.1) is 0 Å². The Kier molecular flexibility index (Phi) is 6.55. The predicted molar refractivity (Wildman–Crippen MR) is 103 cm³/mol. The fourth-order valence-corrected chi connectivity index (χ4v) is 2.90. The minimum Gasteiger partial charge on any atom is -0.463 e. The standard InChI is InChI=1S/C17H19ClN4O2S/c1-3-24-16(23)13-10(2)21-15(18)12(9-20-22-17(19)25)14(13)11-7-5-4-6-8-11/h4-9,14,20H,3H2,1-2H3,(H3,19,22,25)/b12-9+. The van der Waals surface area contributed by atoms with Crippen molar-refractivity contribution in [3.63, 3.8) is 0 Å². The molecule has 1 aromatic carbocycles. The summed E-state index contributed by atoms with van der Waals surface area (Å²) in [5, 5.41) is 0.353. The van der Waals surface area contributed by atoms with Crippen molar-refractivity contribution in [3.05, 3.63) is 58.9 Å². The van der Waals surface area contributed by atoms with Crippen LogP contribution in [-0.2, 0) is 9.53 Å². The molecule has 1 aromatic rings. The fraction of sp³-hybridized carbons (Fsp3) is 0.235. The van der Waals surface area contributed by atoms with E-state index in [9.17, 15) is 4.79 Å². The molecule has 1 atom stereocenters. The number of aliphatic imine (C=N–C) groups is 1. The van der Waals surface area contributed by atoms with Gasteiger partial charge in [0.05, 0.1) is 17.9 Å². The lowest BCUT2D eigenvalue weighted by molar-refractivity contribution is -0.138. The van der Waals surface area contributed by atoms with E-state index in [0.29, 0.717) is 16.8 Å². The first-order valence-electron chi connectivity index (χ1n) is 7.64. The Morgan fingerprint density at radius 3 is 2.72 bits per heavy atom. The molecule has 0 radical (unpaired) electrons. The molecule has 132 valence electrons. The second-order valence-electron chi connectivity index (χ2n) is 5.20. The first-order chi connectivity index (χ1) is 12.0. The highest BCUT2D eigenvalue weighted by molar-refractivity contribution is 7.80. The van der Waals surface area contributed by atoms with Gasteiger partial charge in [-0.15, -0.1) is 0 Å². The number of hydrogen-bond acceptors (Lipinski definition) is 5. The second kappa shape index (κ2) is 8.64. The molecular weight excluding hydrogens is 360 g/mol. The molecular formula is C17H19ClN4O2S. The number of esters is 1. The zero-order valence-corrected chi connectivity index (χ0v) is 15.4. The maximum Gasteiger partial charge on any atom is 0.336 e. The number of benzene rings is 1. The zero-order valence-electron chi connectivity index (χ0n) is 13.9. The van der Waals surface area contributed by atoms with E-state index >= 15 is 0 Å². The number of thiocarbonyl (C=S) groups is 1. The zero-order chi connectivity index (χ0) is 18.4. The molecule has 1 aliphatic heterocycles. The number of nitrogens with zero attached hydrogens (tertiary/aromatic N) is 1. The number of nitrogens with one attached hydrogen (secondary N) is 2. The van der Waals surface area contributed by atoms with Crippen LogP contribution < -0.4 is 16.6 Å². The van der Waals surface area contributed by atoms with E-state index in [1.807, 2.05) is 30.3 Å². The largest absolute Gasteiger partial charge is 0.463 e. The Morgan fingerprint density at radius 2 is 2.12 bits per heavy atom. The summed E-state index contributed by atoms with van der Waals surface area (Å²) >= 11 is 11.1. The van der Waals surface area contributed by atoms with E-state index in [-0.39, 0.29) is 16.9 Å². The monoisotopic (exact) mass is 378 g/mol. The molecule has 0 spiro atoms. The fourth-order valence-electron chi connectivity index (χ4n) is 2.55. The molecule has 0 amide bonds. The van der Waals surface area contributed by atoms with E-state index in [2.05, 4.69) is 15.8 Å². The smallest absolute Gasteiger partial charge is 0.336 e. The second-order valence-corrected chi connectivity index (χ2v) is 6.00. The SMILES string of the molecule is CCOC(=O)C1=C(C)N=C(Cl)/C(=C/NNC(N)=S)C1c1ccccc1. The molecule has 4 N–H and O–H groups in total. The van der Waals surface area contributed by atoms with Crippen molar-refractivity contribution in [3.8, 4) is 0 Å². The van der Waals surface area contributed by atoms with Crippen molar-refractivity contribution >= 4 is 40.1 Å². The number of halogens is 1. The third-order valence-electron chi connectivity index (χ3n) is 3.54. The quantitative estimate of drug-likeness (QED) is 0.414. The van der Waals surface area contributed by atoms with Gasteiger partial charge in [0.2, 0.25) is 0 Å². The molecule has 1 unspecified atom stereocenters. The van der Waals surface area contributed by atoms with Crippen LogP contribution in [0.15, 0.2) is 58.4 Å². The summed E-state index contributed by atoms with van der Waals surface area (Å²) in [6, 6.07) is 9.53. The normalized spacial score (nSPS) is 18.6. The molecule has 0 fully saturated rings. The van der Waals surface area contributed by atoms with Crippen molar-refractivity contribution in [2.45, 2.75) is 19.8 Å². The van der Waals surface area contributed by atoms with Crippen LogP contribution >= 0.6 is 23.8 Å². The lowest BCUT2D eigenvalue weighted by Crippen LogP contribution is -2.38. The van der Waals surface area contributed by atoms with Gasteiger partial charge in [0.1, 0.15) is 5.17 Å². The molecule has 1 aliphatic rings. The van der Waals surface area contributed by atoms with Gasteiger partial charge in [-0.3, -0.25) is 5.43 Å². The summed E-state index contributed by atoms with van der Waals surface area (Å²) in [7, 11) is 0. The minimum absolute atomic E-state index is 0.0781. The highest BCUT2D eigenvalue weighted by Gasteiger charge is 2.34. The molecule has 0 aromatic heterocycles. The van der Waals surface area contributed by atoms with Gasteiger partial charge < -0.3 is 15.9 Å². The predicted octanol–water partition coefficient (Wildman–Crippen LogP) is 2.48. The number of rotatable bonds is 5. The number of hydrogen-bond donors (Lipinski definition) is 3. The third-order valence-corrected chi connectivity index (χ3v) is 3.95. The Morgan fingerprint density at radius 1 is 1.44 bits per heavy atom. The number of nitrogens with two attached hydrogens (primary N) is 1. The number of carbonyl (C=O) groups excluding carboxylic acids is 1. The van der Waals surface area contributed by atoms with Gasteiger partial charge in [-0.05, 0) is 31.6 Å². The topological polar surface area (TPSA) is 88.7 Å². The molecule has 1 heterocycles. The molecule has 0 aliphatic carbocycles. The highest BCUT2D eigenvalue weighted by Crippen LogP contribution is 2.39. The van der Waals surface area contributed by atoms with Crippen molar-refractivity contribution in [1.29, 1.82) is 0 Å². The molecule has 0 saturated heterocycles. The van der Waals surface area contributed by atoms with Crippen LogP contribution in [0.2, 0.25) is 0 Å². The average Bonchev–Trinajstić information content (AvgIpc) is 2.57. The number of ether oxygens (including phenoxy) is 1. The van der Waals surface area contributed by atoms with Crippen LogP contribution in [0.25, 0.3) is 0 Å². The molecule has 2 rings (SSSR count). The van der Waals surface area contributed by atoms with Crippen LogP contribution in [0.4, 0.5) is 0 Å². The van der Waals surface area contributed by atoms with E-state index < -0.39 is 11.9 Å². The van der Waals surface area contributed by atoms with Gasteiger partial charge in [-0.25, -0.2) is 9.79 Å². The molecule has 0 saturated carbocycles. The lowest BCUT2D eigenvalue weighted by Gasteiger charge is -2.27. The summed E-state index contributed by atoms with van der Waals surface area (Å²) in [6.45, 7) is 3.77. The number of hydrazine groups is 1. The summed E-state index contributed by atoms with van der Waals surface area (Å²) in [5.41, 5.74) is 13.2. The van der Waals surface area contributed by atoms with Crippen molar-refractivity contribution in [2.75, 3.05) is 6.61 Å². The highest BCUT2D eigenvalue weighted by atomic mass is 35.5. The Bertz CT molecular complexity index is 759. The number of carbonyl (C=O) groups is 1.